The zero-order chi connectivity index (χ0) is 16.2. The highest BCUT2D eigenvalue weighted by molar-refractivity contribution is 5.95. The van der Waals surface area contributed by atoms with Crippen molar-refractivity contribution >= 4 is 24.0 Å². The van der Waals surface area contributed by atoms with Crippen molar-refractivity contribution in [2.24, 2.45) is 18.2 Å². The first-order chi connectivity index (χ1) is 10.6. The first kappa shape index (κ1) is 19.1. The predicted octanol–water partition coefficient (Wildman–Crippen LogP) is 2.00. The van der Waals surface area contributed by atoms with E-state index in [0.717, 1.165) is 5.56 Å². The summed E-state index contributed by atoms with van der Waals surface area (Å²) in [6.07, 6.45) is 1.41. The van der Waals surface area contributed by atoms with Crippen LogP contribution in [-0.4, -0.2) is 32.7 Å². The molecule has 23 heavy (non-hydrogen) atoms. The lowest BCUT2D eigenvalue weighted by Crippen LogP contribution is -2.41. The maximum Gasteiger partial charge on any atom is 0.231 e. The third kappa shape index (κ3) is 3.86. The Morgan fingerprint density at radius 3 is 2.57 bits per heavy atom. The minimum Gasteiger partial charge on any atom is -0.329 e. The number of benzene rings is 1. The molecule has 1 aromatic heterocycles. The van der Waals surface area contributed by atoms with Crippen LogP contribution < -0.4 is 11.1 Å². The van der Waals surface area contributed by atoms with E-state index in [9.17, 15) is 4.79 Å². The number of hydrogen-bond acceptors (Lipinski definition) is 5. The normalized spacial score (nSPS) is 11.0. The maximum absolute atomic E-state index is 12.6. The minimum atomic E-state index is -0.525. The van der Waals surface area contributed by atoms with Gasteiger partial charge in [0.25, 0.3) is 0 Å². The van der Waals surface area contributed by atoms with Gasteiger partial charge in [0.05, 0.1) is 5.41 Å². The average Bonchev–Trinajstić information content (AvgIpc) is 2.96. The molecule has 2 rings (SSSR count). The molecule has 2 aromatic rings. The SMILES string of the molecule is CCC(CC)(CN)C(=O)Nc1cccc(-c2nnnn2C)c1.Cl. The van der Waals surface area contributed by atoms with Crippen LogP contribution in [0.1, 0.15) is 26.7 Å². The Balaban J connectivity index is 0.00000264. The van der Waals surface area contributed by atoms with Gasteiger partial charge < -0.3 is 11.1 Å². The van der Waals surface area contributed by atoms with Crippen LogP contribution in [0.15, 0.2) is 24.3 Å². The van der Waals surface area contributed by atoms with Crippen LogP contribution in [0.5, 0.6) is 0 Å². The van der Waals surface area contributed by atoms with Crippen molar-refractivity contribution in [2.75, 3.05) is 11.9 Å². The molecule has 126 valence electrons. The molecule has 0 unspecified atom stereocenters. The van der Waals surface area contributed by atoms with Crippen LogP contribution in [0.2, 0.25) is 0 Å². The molecular weight excluding hydrogens is 316 g/mol. The Morgan fingerprint density at radius 1 is 1.35 bits per heavy atom. The Hall–Kier alpha value is -1.99. The largest absolute Gasteiger partial charge is 0.329 e. The highest BCUT2D eigenvalue weighted by Crippen LogP contribution is 2.28. The number of carbonyl (C=O) groups is 1. The van der Waals surface area contributed by atoms with Gasteiger partial charge in [-0.05, 0) is 35.4 Å². The summed E-state index contributed by atoms with van der Waals surface area (Å²) in [5, 5.41) is 14.4. The van der Waals surface area contributed by atoms with Gasteiger partial charge in [0.2, 0.25) is 5.91 Å². The summed E-state index contributed by atoms with van der Waals surface area (Å²) in [7, 11) is 1.77. The van der Waals surface area contributed by atoms with E-state index in [-0.39, 0.29) is 18.3 Å². The summed E-state index contributed by atoms with van der Waals surface area (Å²) in [4.78, 5) is 12.6. The first-order valence-corrected chi connectivity index (χ1v) is 7.40. The number of nitrogens with two attached hydrogens (primary N) is 1. The summed E-state index contributed by atoms with van der Waals surface area (Å²) >= 11 is 0. The standard InChI is InChI=1S/C15H22N6O.ClH/c1-4-15(5-2,10-16)14(22)17-12-8-6-7-11(9-12)13-18-19-20-21(13)3;/h6-9H,4-5,10,16H2,1-3H3,(H,17,22);1H. The van der Waals surface area contributed by atoms with Crippen LogP contribution >= 0.6 is 12.4 Å². The van der Waals surface area contributed by atoms with Gasteiger partial charge in [-0.1, -0.05) is 26.0 Å². The Bertz CT molecular complexity index is 645. The Kier molecular flexibility index (Phi) is 6.65. The average molecular weight is 339 g/mol. The van der Waals surface area contributed by atoms with Gasteiger partial charge in [-0.2, -0.15) is 0 Å². The number of aromatic nitrogens is 4. The summed E-state index contributed by atoms with van der Waals surface area (Å²) < 4.78 is 1.59. The van der Waals surface area contributed by atoms with E-state index in [4.69, 9.17) is 5.73 Å². The molecule has 3 N–H and O–H groups in total. The van der Waals surface area contributed by atoms with Crippen molar-refractivity contribution in [1.29, 1.82) is 0 Å². The van der Waals surface area contributed by atoms with Crippen LogP contribution in [0.25, 0.3) is 11.4 Å². The number of anilines is 1. The van der Waals surface area contributed by atoms with E-state index < -0.39 is 5.41 Å². The number of hydrogen-bond donors (Lipinski definition) is 2. The maximum atomic E-state index is 12.6. The van der Waals surface area contributed by atoms with E-state index in [1.807, 2.05) is 38.1 Å². The van der Waals surface area contributed by atoms with E-state index in [1.165, 1.54) is 0 Å². The van der Waals surface area contributed by atoms with E-state index >= 15 is 0 Å². The molecule has 1 amide bonds. The number of carbonyl (C=O) groups excluding carboxylic acids is 1. The van der Waals surface area contributed by atoms with Crippen LogP contribution in [0.4, 0.5) is 5.69 Å². The zero-order valence-electron chi connectivity index (χ0n) is 13.6. The fourth-order valence-electron chi connectivity index (χ4n) is 2.43. The molecule has 0 saturated carbocycles. The monoisotopic (exact) mass is 338 g/mol. The molecule has 8 heteroatoms. The number of tetrazole rings is 1. The lowest BCUT2D eigenvalue weighted by Gasteiger charge is -2.28. The number of amides is 1. The molecule has 0 spiro atoms. The van der Waals surface area contributed by atoms with E-state index in [0.29, 0.717) is 30.9 Å². The Labute approximate surface area is 142 Å². The van der Waals surface area contributed by atoms with Crippen molar-refractivity contribution in [2.45, 2.75) is 26.7 Å². The molecule has 0 atom stereocenters. The van der Waals surface area contributed by atoms with Crippen molar-refractivity contribution in [3.63, 3.8) is 0 Å². The Morgan fingerprint density at radius 2 is 2.04 bits per heavy atom. The van der Waals surface area contributed by atoms with Crippen molar-refractivity contribution in [1.82, 2.24) is 20.2 Å². The molecule has 0 bridgehead atoms. The minimum absolute atomic E-state index is 0. The lowest BCUT2D eigenvalue weighted by atomic mass is 9.81. The molecular formula is C15H23ClN6O. The number of halogens is 1. The van der Waals surface area contributed by atoms with Gasteiger partial charge in [-0.25, -0.2) is 4.68 Å². The fraction of sp³-hybridized carbons (Fsp3) is 0.467. The zero-order valence-corrected chi connectivity index (χ0v) is 14.4. The molecule has 1 heterocycles. The van der Waals surface area contributed by atoms with Crippen LogP contribution in [-0.2, 0) is 11.8 Å². The second-order valence-corrected chi connectivity index (χ2v) is 5.35. The number of rotatable bonds is 6. The van der Waals surface area contributed by atoms with Crippen LogP contribution in [0.3, 0.4) is 0 Å². The van der Waals surface area contributed by atoms with Gasteiger partial charge in [0.15, 0.2) is 5.82 Å². The fourth-order valence-corrected chi connectivity index (χ4v) is 2.43. The third-order valence-electron chi connectivity index (χ3n) is 4.22. The van der Waals surface area contributed by atoms with Crippen molar-refractivity contribution < 1.29 is 4.79 Å². The molecule has 0 fully saturated rings. The van der Waals surface area contributed by atoms with Crippen molar-refractivity contribution in [3.05, 3.63) is 24.3 Å². The van der Waals surface area contributed by atoms with Crippen molar-refractivity contribution in [3.8, 4) is 11.4 Å². The molecule has 1 aromatic carbocycles. The summed E-state index contributed by atoms with van der Waals surface area (Å²) in [6.45, 7) is 4.30. The summed E-state index contributed by atoms with van der Waals surface area (Å²) in [6, 6.07) is 7.47. The second kappa shape index (κ2) is 8.03. The predicted molar refractivity (Wildman–Crippen MR) is 92.2 cm³/mol. The van der Waals surface area contributed by atoms with Gasteiger partial charge in [-0.3, -0.25) is 4.79 Å². The van der Waals surface area contributed by atoms with E-state index in [2.05, 4.69) is 20.8 Å². The molecule has 0 aliphatic rings. The summed E-state index contributed by atoms with van der Waals surface area (Å²) in [5.41, 5.74) is 6.85. The van der Waals surface area contributed by atoms with Gasteiger partial charge in [0, 0.05) is 24.8 Å². The van der Waals surface area contributed by atoms with Gasteiger partial charge in [0.1, 0.15) is 0 Å². The molecule has 7 nitrogen and oxygen atoms in total. The molecule has 0 aliphatic carbocycles. The molecule has 0 aliphatic heterocycles. The second-order valence-electron chi connectivity index (χ2n) is 5.35. The highest BCUT2D eigenvalue weighted by Gasteiger charge is 2.33. The van der Waals surface area contributed by atoms with E-state index in [1.54, 1.807) is 11.7 Å². The lowest BCUT2D eigenvalue weighted by molar-refractivity contribution is -0.125. The number of aryl methyl sites for hydroxylation is 1. The number of nitrogens with one attached hydrogen (secondary N) is 1. The summed E-state index contributed by atoms with van der Waals surface area (Å²) in [5.74, 6) is 0.598. The van der Waals surface area contributed by atoms with Gasteiger partial charge >= 0.3 is 0 Å². The smallest absolute Gasteiger partial charge is 0.231 e. The van der Waals surface area contributed by atoms with Crippen LogP contribution in [0, 0.1) is 5.41 Å². The topological polar surface area (TPSA) is 98.7 Å². The highest BCUT2D eigenvalue weighted by atomic mass is 35.5. The number of nitrogens with zero attached hydrogens (tertiary/aromatic N) is 4. The molecule has 0 radical (unpaired) electrons. The van der Waals surface area contributed by atoms with Gasteiger partial charge in [-0.15, -0.1) is 17.5 Å². The first-order valence-electron chi connectivity index (χ1n) is 7.40. The quantitative estimate of drug-likeness (QED) is 0.839. The molecule has 0 saturated heterocycles. The third-order valence-corrected chi connectivity index (χ3v) is 4.22.